The van der Waals surface area contributed by atoms with Gasteiger partial charge in [0.05, 0.1) is 12.3 Å². The van der Waals surface area contributed by atoms with Crippen LogP contribution >= 0.6 is 23.1 Å². The van der Waals surface area contributed by atoms with E-state index in [2.05, 4.69) is 34.3 Å². The Morgan fingerprint density at radius 2 is 1.88 bits per heavy atom. The minimum atomic E-state index is -3.41. The van der Waals surface area contributed by atoms with Gasteiger partial charge in [0.2, 0.25) is 15.9 Å². The monoisotopic (exact) mass is 384 g/mol. The maximum Gasteiger partial charge on any atom is 0.249 e. The largest absolute Gasteiger partial charge is 0.350 e. The second kappa shape index (κ2) is 8.66. The number of benzene rings is 1. The van der Waals surface area contributed by atoms with Crippen molar-refractivity contribution in [3.8, 4) is 0 Å². The first-order valence-electron chi connectivity index (χ1n) is 7.33. The summed E-state index contributed by atoms with van der Waals surface area (Å²) in [7, 11) is -2.04. The van der Waals surface area contributed by atoms with Gasteiger partial charge in [0.1, 0.15) is 4.21 Å². The Morgan fingerprint density at radius 1 is 1.17 bits per heavy atom. The van der Waals surface area contributed by atoms with Gasteiger partial charge in [-0.15, -0.1) is 23.1 Å². The summed E-state index contributed by atoms with van der Waals surface area (Å²) in [6, 6.07) is 11.5. The summed E-state index contributed by atoms with van der Waals surface area (Å²) in [6.07, 6.45) is 0. The first-order valence-corrected chi connectivity index (χ1v) is 10.8. The first kappa shape index (κ1) is 19.0. The molecule has 0 saturated heterocycles. The molecule has 0 atom stereocenters. The average Bonchev–Trinajstić information content (AvgIpc) is 3.05. The third kappa shape index (κ3) is 5.62. The fourth-order valence-corrected chi connectivity index (χ4v) is 4.83. The molecule has 130 valence electrons. The number of sulfonamides is 1. The van der Waals surface area contributed by atoms with Gasteiger partial charge in [0.15, 0.2) is 0 Å². The minimum Gasteiger partial charge on any atom is -0.350 e. The fraction of sp³-hybridized carbons (Fsp3) is 0.312. The Balaban J connectivity index is 1.74. The number of hydrogen-bond acceptors (Lipinski definition) is 5. The molecule has 1 heterocycles. The second-order valence-corrected chi connectivity index (χ2v) is 9.45. The van der Waals surface area contributed by atoms with Crippen LogP contribution in [0.25, 0.3) is 0 Å². The Kier molecular flexibility index (Phi) is 6.85. The van der Waals surface area contributed by atoms with E-state index in [0.29, 0.717) is 12.3 Å². The van der Waals surface area contributed by atoms with E-state index in [0.717, 1.165) is 22.0 Å². The lowest BCUT2D eigenvalue weighted by Gasteiger charge is -2.04. The van der Waals surface area contributed by atoms with Crippen LogP contribution in [0, 0.1) is 6.92 Å². The normalized spacial score (nSPS) is 11.4. The zero-order valence-corrected chi connectivity index (χ0v) is 16.0. The highest BCUT2D eigenvalue weighted by atomic mass is 32.2. The number of aryl methyl sites for hydroxylation is 1. The van der Waals surface area contributed by atoms with Crippen LogP contribution in [0.15, 0.2) is 40.6 Å². The molecule has 0 aliphatic rings. The number of nitrogens with one attached hydrogen (secondary N) is 2. The summed E-state index contributed by atoms with van der Waals surface area (Å²) >= 11 is 2.71. The lowest BCUT2D eigenvalue weighted by molar-refractivity contribution is -0.118. The quantitative estimate of drug-likeness (QED) is 0.733. The zero-order chi connectivity index (χ0) is 17.6. The molecular weight excluding hydrogens is 364 g/mol. The van der Waals surface area contributed by atoms with Gasteiger partial charge in [-0.3, -0.25) is 4.79 Å². The maximum absolute atomic E-state index is 11.9. The van der Waals surface area contributed by atoms with Crippen LogP contribution < -0.4 is 10.0 Å². The van der Waals surface area contributed by atoms with Crippen molar-refractivity contribution in [2.75, 3.05) is 12.8 Å². The molecule has 1 aromatic heterocycles. The van der Waals surface area contributed by atoms with E-state index >= 15 is 0 Å². The fourth-order valence-electron chi connectivity index (χ4n) is 1.88. The van der Waals surface area contributed by atoms with Crippen LogP contribution in [0.1, 0.15) is 16.0 Å². The number of carbonyl (C=O) groups excluding carboxylic acids is 1. The molecule has 0 fully saturated rings. The van der Waals surface area contributed by atoms with Crippen LogP contribution in [0.2, 0.25) is 0 Å². The highest BCUT2D eigenvalue weighted by molar-refractivity contribution is 7.99. The molecule has 5 nitrogen and oxygen atoms in total. The molecule has 0 unspecified atom stereocenters. The number of carbonyl (C=O) groups is 1. The maximum atomic E-state index is 11.9. The smallest absolute Gasteiger partial charge is 0.249 e. The second-order valence-electron chi connectivity index (χ2n) is 5.18. The van der Waals surface area contributed by atoms with Crippen molar-refractivity contribution in [2.45, 2.75) is 23.4 Å². The van der Waals surface area contributed by atoms with E-state index in [-0.39, 0.29) is 10.1 Å². The van der Waals surface area contributed by atoms with Crippen LogP contribution in [-0.4, -0.2) is 27.1 Å². The summed E-state index contributed by atoms with van der Waals surface area (Å²) < 4.78 is 25.8. The predicted molar refractivity (Wildman–Crippen MR) is 99.8 cm³/mol. The van der Waals surface area contributed by atoms with E-state index < -0.39 is 10.0 Å². The third-order valence-electron chi connectivity index (χ3n) is 3.25. The first-order chi connectivity index (χ1) is 11.4. The summed E-state index contributed by atoms with van der Waals surface area (Å²) in [5.41, 5.74) is 2.41. The number of thioether (sulfide) groups is 1. The van der Waals surface area contributed by atoms with Crippen molar-refractivity contribution in [3.63, 3.8) is 0 Å². The summed E-state index contributed by atoms with van der Waals surface area (Å²) in [4.78, 5) is 12.7. The Labute approximate surface area is 150 Å². The van der Waals surface area contributed by atoms with Gasteiger partial charge >= 0.3 is 0 Å². The van der Waals surface area contributed by atoms with Gasteiger partial charge in [-0.05, 0) is 31.7 Å². The Bertz CT molecular complexity index is 783. The van der Waals surface area contributed by atoms with Gasteiger partial charge in [0.25, 0.3) is 0 Å². The number of hydrogen-bond donors (Lipinski definition) is 2. The summed E-state index contributed by atoms with van der Waals surface area (Å²) in [6.45, 7) is 2.38. The van der Waals surface area contributed by atoms with Gasteiger partial charge in [0, 0.05) is 10.6 Å². The molecular formula is C16H20N2O3S3. The molecule has 0 bridgehead atoms. The minimum absolute atomic E-state index is 0.0569. The zero-order valence-electron chi connectivity index (χ0n) is 13.5. The Hall–Kier alpha value is -1.35. The van der Waals surface area contributed by atoms with Crippen LogP contribution in [0.4, 0.5) is 0 Å². The van der Waals surface area contributed by atoms with Gasteiger partial charge < -0.3 is 5.32 Å². The van der Waals surface area contributed by atoms with E-state index in [4.69, 9.17) is 0 Å². The SMILES string of the molecule is CNS(=O)(=O)c1ccc(CNC(=O)CSCc2ccc(C)cc2)s1. The summed E-state index contributed by atoms with van der Waals surface area (Å²) in [5, 5.41) is 2.81. The molecule has 1 amide bonds. The van der Waals surface area contributed by atoms with E-state index in [9.17, 15) is 13.2 Å². The highest BCUT2D eigenvalue weighted by Crippen LogP contribution is 2.21. The van der Waals surface area contributed by atoms with Gasteiger partial charge in [-0.25, -0.2) is 13.1 Å². The highest BCUT2D eigenvalue weighted by Gasteiger charge is 2.14. The summed E-state index contributed by atoms with van der Waals surface area (Å²) in [5.74, 6) is 1.11. The number of thiophene rings is 1. The molecule has 0 saturated carbocycles. The van der Waals surface area contributed by atoms with Crippen molar-refractivity contribution >= 4 is 39.0 Å². The molecule has 0 aliphatic heterocycles. The van der Waals surface area contributed by atoms with Crippen LogP contribution in [-0.2, 0) is 27.1 Å². The standard InChI is InChI=1S/C16H20N2O3S3/c1-12-3-5-13(6-4-12)10-22-11-15(19)18-9-14-7-8-16(23-14)24(20,21)17-2/h3-8,17H,9-11H2,1-2H3,(H,18,19). The lowest BCUT2D eigenvalue weighted by Crippen LogP contribution is -2.24. The molecule has 1 aromatic carbocycles. The average molecular weight is 385 g/mol. The van der Waals surface area contributed by atoms with Crippen molar-refractivity contribution < 1.29 is 13.2 Å². The molecule has 0 spiro atoms. The molecule has 0 radical (unpaired) electrons. The van der Waals surface area contributed by atoms with E-state index in [1.807, 2.05) is 6.92 Å². The predicted octanol–water partition coefficient (Wildman–Crippen LogP) is 2.51. The number of amides is 1. The molecule has 8 heteroatoms. The number of rotatable bonds is 8. The van der Waals surface area contributed by atoms with E-state index in [1.165, 1.54) is 18.2 Å². The lowest BCUT2D eigenvalue weighted by atomic mass is 10.2. The third-order valence-corrected chi connectivity index (χ3v) is 7.25. The van der Waals surface area contributed by atoms with E-state index in [1.54, 1.807) is 23.9 Å². The van der Waals surface area contributed by atoms with Crippen molar-refractivity contribution in [3.05, 3.63) is 52.4 Å². The van der Waals surface area contributed by atoms with Crippen molar-refractivity contribution in [2.24, 2.45) is 0 Å². The van der Waals surface area contributed by atoms with Crippen LogP contribution in [0.5, 0.6) is 0 Å². The van der Waals surface area contributed by atoms with Crippen molar-refractivity contribution in [1.82, 2.24) is 10.0 Å². The molecule has 2 N–H and O–H groups in total. The molecule has 2 rings (SSSR count). The van der Waals surface area contributed by atoms with Gasteiger partial charge in [-0.2, -0.15) is 0 Å². The topological polar surface area (TPSA) is 75.3 Å². The molecule has 24 heavy (non-hydrogen) atoms. The van der Waals surface area contributed by atoms with Crippen LogP contribution in [0.3, 0.4) is 0 Å². The molecule has 2 aromatic rings. The Morgan fingerprint density at radius 3 is 2.54 bits per heavy atom. The van der Waals surface area contributed by atoms with Crippen molar-refractivity contribution in [1.29, 1.82) is 0 Å². The van der Waals surface area contributed by atoms with Gasteiger partial charge in [-0.1, -0.05) is 29.8 Å². The molecule has 0 aliphatic carbocycles.